The molecule has 0 saturated heterocycles. The van der Waals surface area contributed by atoms with Gasteiger partial charge in [0.25, 0.3) is 5.91 Å². The number of rotatable bonds is 7. The number of amides is 1. The molecule has 6 heteroatoms. The Labute approximate surface area is 139 Å². The van der Waals surface area contributed by atoms with Crippen molar-refractivity contribution in [3.05, 3.63) is 65.7 Å². The minimum absolute atomic E-state index is 0.308. The molecule has 0 aliphatic carbocycles. The molecular weight excluding hydrogens is 308 g/mol. The lowest BCUT2D eigenvalue weighted by Crippen LogP contribution is -2.29. The van der Waals surface area contributed by atoms with E-state index in [1.165, 1.54) is 0 Å². The monoisotopic (exact) mass is 324 g/mol. The average Bonchev–Trinajstić information content (AvgIpc) is 2.64. The number of benzene rings is 2. The standard InChI is InChI=1S/C18H16N2O4/c19-10-14-6-8-16(9-7-14)23-13-18(22)24-12-17(21)20-11-15-4-2-1-3-5-15/h1-9H,11-13H2,(H,20,21). The number of hydrogen-bond acceptors (Lipinski definition) is 5. The van der Waals surface area contributed by atoms with E-state index < -0.39 is 5.97 Å². The maximum Gasteiger partial charge on any atom is 0.344 e. The van der Waals surface area contributed by atoms with E-state index in [9.17, 15) is 9.59 Å². The molecule has 0 aliphatic rings. The molecule has 1 amide bonds. The summed E-state index contributed by atoms with van der Waals surface area (Å²) < 4.78 is 10.0. The summed E-state index contributed by atoms with van der Waals surface area (Å²) in [5.74, 6) is -0.584. The van der Waals surface area contributed by atoms with Gasteiger partial charge in [0.15, 0.2) is 13.2 Å². The van der Waals surface area contributed by atoms with Gasteiger partial charge in [0.05, 0.1) is 11.6 Å². The molecule has 0 radical (unpaired) electrons. The summed E-state index contributed by atoms with van der Waals surface area (Å²) in [6.45, 7) is -0.292. The average molecular weight is 324 g/mol. The molecule has 0 aromatic heterocycles. The van der Waals surface area contributed by atoms with Crippen molar-refractivity contribution < 1.29 is 19.1 Å². The van der Waals surface area contributed by atoms with Crippen molar-refractivity contribution in [1.29, 1.82) is 5.26 Å². The first-order valence-electron chi connectivity index (χ1n) is 7.26. The van der Waals surface area contributed by atoms with Crippen molar-refractivity contribution in [3.8, 4) is 11.8 Å². The van der Waals surface area contributed by atoms with Crippen molar-refractivity contribution in [1.82, 2.24) is 5.32 Å². The number of nitrogens with zero attached hydrogens (tertiary/aromatic N) is 1. The van der Waals surface area contributed by atoms with Gasteiger partial charge in [-0.15, -0.1) is 0 Å². The van der Waals surface area contributed by atoms with Crippen molar-refractivity contribution in [2.75, 3.05) is 13.2 Å². The zero-order chi connectivity index (χ0) is 17.2. The van der Waals surface area contributed by atoms with Gasteiger partial charge in [-0.2, -0.15) is 5.26 Å². The third kappa shape index (κ3) is 5.81. The highest BCUT2D eigenvalue weighted by Gasteiger charge is 2.08. The lowest BCUT2D eigenvalue weighted by Gasteiger charge is -2.08. The summed E-state index contributed by atoms with van der Waals surface area (Å²) in [6, 6.07) is 17.7. The summed E-state index contributed by atoms with van der Waals surface area (Å²) in [7, 11) is 0. The summed E-state index contributed by atoms with van der Waals surface area (Å²) in [6.07, 6.45) is 0. The van der Waals surface area contributed by atoms with Crippen LogP contribution in [-0.2, 0) is 20.9 Å². The highest BCUT2D eigenvalue weighted by Crippen LogP contribution is 2.11. The molecule has 0 aliphatic heterocycles. The quantitative estimate of drug-likeness (QED) is 0.785. The molecule has 0 heterocycles. The normalized spacial score (nSPS) is 9.62. The van der Waals surface area contributed by atoms with Crippen LogP contribution in [0.1, 0.15) is 11.1 Å². The van der Waals surface area contributed by atoms with Crippen molar-refractivity contribution in [2.24, 2.45) is 0 Å². The predicted molar refractivity (Wildman–Crippen MR) is 85.9 cm³/mol. The molecule has 0 atom stereocenters. The van der Waals surface area contributed by atoms with Gasteiger partial charge in [-0.1, -0.05) is 30.3 Å². The Morgan fingerprint density at radius 3 is 2.38 bits per heavy atom. The molecular formula is C18H16N2O4. The van der Waals surface area contributed by atoms with Crippen molar-refractivity contribution in [2.45, 2.75) is 6.54 Å². The van der Waals surface area contributed by atoms with Gasteiger partial charge in [-0.05, 0) is 29.8 Å². The van der Waals surface area contributed by atoms with Gasteiger partial charge in [-0.25, -0.2) is 4.79 Å². The zero-order valence-electron chi connectivity index (χ0n) is 12.9. The molecule has 2 aromatic carbocycles. The molecule has 0 unspecified atom stereocenters. The lowest BCUT2D eigenvalue weighted by molar-refractivity contribution is -0.150. The first-order chi connectivity index (χ1) is 11.7. The summed E-state index contributed by atoms with van der Waals surface area (Å²) in [5, 5.41) is 11.3. The largest absolute Gasteiger partial charge is 0.482 e. The van der Waals surface area contributed by atoms with E-state index in [1.807, 2.05) is 36.4 Å². The second-order valence-corrected chi connectivity index (χ2v) is 4.85. The first kappa shape index (κ1) is 17.0. The van der Waals surface area contributed by atoms with Gasteiger partial charge < -0.3 is 14.8 Å². The number of carbonyl (C=O) groups is 2. The number of nitrogens with one attached hydrogen (secondary N) is 1. The molecule has 0 fully saturated rings. The van der Waals surface area contributed by atoms with E-state index in [0.717, 1.165) is 5.56 Å². The summed E-state index contributed by atoms with van der Waals surface area (Å²) >= 11 is 0. The molecule has 2 aromatic rings. The molecule has 2 rings (SSSR count). The van der Waals surface area contributed by atoms with Gasteiger partial charge >= 0.3 is 5.97 Å². The summed E-state index contributed by atoms with van der Waals surface area (Å²) in [5.41, 5.74) is 1.46. The van der Waals surface area contributed by atoms with Gasteiger partial charge in [0, 0.05) is 6.54 Å². The van der Waals surface area contributed by atoms with E-state index in [4.69, 9.17) is 14.7 Å². The fourth-order valence-electron chi connectivity index (χ4n) is 1.80. The number of hydrogen-bond donors (Lipinski definition) is 1. The Hall–Kier alpha value is -3.33. The Balaban J connectivity index is 1.65. The van der Waals surface area contributed by atoms with Crippen LogP contribution in [0.3, 0.4) is 0 Å². The van der Waals surface area contributed by atoms with Gasteiger partial charge in [0.1, 0.15) is 5.75 Å². The minimum Gasteiger partial charge on any atom is -0.482 e. The number of carbonyl (C=O) groups excluding carboxylic acids is 2. The third-order valence-electron chi connectivity index (χ3n) is 3.04. The zero-order valence-corrected chi connectivity index (χ0v) is 12.9. The predicted octanol–water partition coefficient (Wildman–Crippen LogP) is 1.80. The van der Waals surface area contributed by atoms with Crippen LogP contribution in [0.25, 0.3) is 0 Å². The van der Waals surface area contributed by atoms with Crippen LogP contribution >= 0.6 is 0 Å². The van der Waals surface area contributed by atoms with Crippen molar-refractivity contribution in [3.63, 3.8) is 0 Å². The Morgan fingerprint density at radius 2 is 1.71 bits per heavy atom. The third-order valence-corrected chi connectivity index (χ3v) is 3.04. The topological polar surface area (TPSA) is 88.4 Å². The maximum atomic E-state index is 11.6. The van der Waals surface area contributed by atoms with Crippen LogP contribution in [-0.4, -0.2) is 25.1 Å². The van der Waals surface area contributed by atoms with E-state index >= 15 is 0 Å². The van der Waals surface area contributed by atoms with E-state index in [2.05, 4.69) is 5.32 Å². The van der Waals surface area contributed by atoms with E-state index in [-0.39, 0.29) is 19.1 Å². The number of ether oxygens (including phenoxy) is 2. The Kier molecular flexibility index (Phi) is 6.35. The van der Waals surface area contributed by atoms with Crippen molar-refractivity contribution >= 4 is 11.9 Å². The molecule has 0 bridgehead atoms. The highest BCUT2D eigenvalue weighted by molar-refractivity contribution is 5.80. The second kappa shape index (κ2) is 8.96. The molecule has 0 saturated carbocycles. The molecule has 1 N–H and O–H groups in total. The second-order valence-electron chi connectivity index (χ2n) is 4.85. The van der Waals surface area contributed by atoms with Crippen LogP contribution in [0, 0.1) is 11.3 Å². The van der Waals surface area contributed by atoms with Crippen LogP contribution in [0.2, 0.25) is 0 Å². The first-order valence-corrected chi connectivity index (χ1v) is 7.26. The van der Waals surface area contributed by atoms with Crippen LogP contribution in [0.5, 0.6) is 5.75 Å². The minimum atomic E-state index is -0.644. The molecule has 6 nitrogen and oxygen atoms in total. The van der Waals surface area contributed by atoms with Crippen LogP contribution in [0.15, 0.2) is 54.6 Å². The molecule has 24 heavy (non-hydrogen) atoms. The number of nitriles is 1. The van der Waals surface area contributed by atoms with Gasteiger partial charge in [0.2, 0.25) is 0 Å². The van der Waals surface area contributed by atoms with E-state index in [0.29, 0.717) is 17.9 Å². The van der Waals surface area contributed by atoms with Crippen LogP contribution in [0.4, 0.5) is 0 Å². The Bertz CT molecular complexity index is 721. The van der Waals surface area contributed by atoms with Gasteiger partial charge in [-0.3, -0.25) is 4.79 Å². The van der Waals surface area contributed by atoms with E-state index in [1.54, 1.807) is 24.3 Å². The fourth-order valence-corrected chi connectivity index (χ4v) is 1.80. The summed E-state index contributed by atoms with van der Waals surface area (Å²) in [4.78, 5) is 23.1. The smallest absolute Gasteiger partial charge is 0.344 e. The maximum absolute atomic E-state index is 11.6. The molecule has 122 valence electrons. The van der Waals surface area contributed by atoms with Crippen LogP contribution < -0.4 is 10.1 Å². The molecule has 0 spiro atoms. The Morgan fingerprint density at radius 1 is 1.00 bits per heavy atom. The lowest BCUT2D eigenvalue weighted by atomic mass is 10.2. The number of esters is 1. The fraction of sp³-hybridized carbons (Fsp3) is 0.167. The highest BCUT2D eigenvalue weighted by atomic mass is 16.6. The SMILES string of the molecule is N#Cc1ccc(OCC(=O)OCC(=O)NCc2ccccc2)cc1.